The maximum atomic E-state index is 5.76. The maximum Gasteiger partial charge on any atom is 0.0785 e. The van der Waals surface area contributed by atoms with Crippen LogP contribution in [0.3, 0.4) is 0 Å². The first-order valence-corrected chi connectivity index (χ1v) is 5.33. The summed E-state index contributed by atoms with van der Waals surface area (Å²) in [5.74, 6) is 0. The van der Waals surface area contributed by atoms with E-state index < -0.39 is 0 Å². The van der Waals surface area contributed by atoms with Crippen LogP contribution in [0.1, 0.15) is 5.56 Å². The lowest BCUT2D eigenvalue weighted by molar-refractivity contribution is 0.687. The second-order valence-corrected chi connectivity index (χ2v) is 4.33. The molecule has 2 aromatic rings. The Morgan fingerprint density at radius 1 is 1.29 bits per heavy atom. The fourth-order valence-corrected chi connectivity index (χ4v) is 1.62. The van der Waals surface area contributed by atoms with Gasteiger partial charge in [0.05, 0.1) is 17.8 Å². The lowest BCUT2D eigenvalue weighted by Crippen LogP contribution is -1.99. The molecule has 2 rings (SSSR count). The van der Waals surface area contributed by atoms with Gasteiger partial charge >= 0.3 is 0 Å². The zero-order valence-corrected chi connectivity index (χ0v) is 9.66. The molecule has 0 aliphatic heterocycles. The number of halogens is 2. The Morgan fingerprint density at radius 3 is 2.57 bits per heavy atom. The molecule has 1 heterocycles. The average molecular weight is 272 g/mol. The van der Waals surface area contributed by atoms with Gasteiger partial charge in [0.1, 0.15) is 0 Å². The Balaban J connectivity index is 2.15. The summed E-state index contributed by atoms with van der Waals surface area (Å²) < 4.78 is 2.89. The van der Waals surface area contributed by atoms with Gasteiger partial charge in [-0.2, -0.15) is 5.10 Å². The summed E-state index contributed by atoms with van der Waals surface area (Å²) in [5, 5.41) is 4.78. The molecule has 0 N–H and O–H groups in total. The van der Waals surface area contributed by atoms with Gasteiger partial charge in [0, 0.05) is 10.7 Å². The van der Waals surface area contributed by atoms with Gasteiger partial charge in [0.2, 0.25) is 0 Å². The van der Waals surface area contributed by atoms with Gasteiger partial charge < -0.3 is 0 Å². The summed E-state index contributed by atoms with van der Waals surface area (Å²) in [7, 11) is 0. The molecule has 0 bridgehead atoms. The molecule has 4 heteroatoms. The molecule has 14 heavy (non-hydrogen) atoms. The number of hydrogen-bond acceptors (Lipinski definition) is 1. The predicted molar refractivity (Wildman–Crippen MR) is 60.5 cm³/mol. The van der Waals surface area contributed by atoms with Crippen molar-refractivity contribution in [1.82, 2.24) is 9.78 Å². The van der Waals surface area contributed by atoms with E-state index in [0.29, 0.717) is 5.02 Å². The highest BCUT2D eigenvalue weighted by molar-refractivity contribution is 9.10. The zero-order chi connectivity index (χ0) is 9.97. The molecule has 1 aromatic heterocycles. The summed E-state index contributed by atoms with van der Waals surface area (Å²) >= 11 is 9.15. The molecule has 0 spiro atoms. The second kappa shape index (κ2) is 4.15. The summed E-state index contributed by atoms with van der Waals surface area (Å²) in [4.78, 5) is 0. The lowest BCUT2D eigenvalue weighted by atomic mass is 10.2. The minimum atomic E-state index is 0.669. The molecular weight excluding hydrogens is 263 g/mol. The number of rotatable bonds is 2. The highest BCUT2D eigenvalue weighted by atomic mass is 79.9. The van der Waals surface area contributed by atoms with Gasteiger partial charge in [0.15, 0.2) is 0 Å². The summed E-state index contributed by atoms with van der Waals surface area (Å²) in [6, 6.07) is 8.14. The van der Waals surface area contributed by atoms with Crippen LogP contribution in [-0.2, 0) is 6.54 Å². The van der Waals surface area contributed by atoms with Crippen molar-refractivity contribution in [1.29, 1.82) is 0 Å². The van der Waals surface area contributed by atoms with Crippen LogP contribution in [0.25, 0.3) is 0 Å². The second-order valence-electron chi connectivity index (χ2n) is 2.98. The van der Waals surface area contributed by atoms with E-state index in [2.05, 4.69) is 33.2 Å². The number of nitrogens with zero attached hydrogens (tertiary/aromatic N) is 2. The predicted octanol–water partition coefficient (Wildman–Crippen LogP) is 3.35. The molecule has 0 aliphatic rings. The van der Waals surface area contributed by atoms with Crippen LogP contribution in [0.15, 0.2) is 41.1 Å². The summed E-state index contributed by atoms with van der Waals surface area (Å²) in [5.41, 5.74) is 1.20. The molecule has 0 saturated heterocycles. The standard InChI is InChI=1S/C10H8BrClN2/c11-9-3-1-8(2-4-9)6-14-7-10(12)5-13-14/h1-5,7H,6H2. The number of aromatic nitrogens is 2. The van der Waals surface area contributed by atoms with Crippen molar-refractivity contribution < 1.29 is 0 Å². The monoisotopic (exact) mass is 270 g/mol. The Hall–Kier alpha value is -0.800. The van der Waals surface area contributed by atoms with Gasteiger partial charge in [-0.25, -0.2) is 0 Å². The molecule has 0 aliphatic carbocycles. The van der Waals surface area contributed by atoms with Crippen LogP contribution in [0, 0.1) is 0 Å². The van der Waals surface area contributed by atoms with E-state index in [-0.39, 0.29) is 0 Å². The highest BCUT2D eigenvalue weighted by Crippen LogP contribution is 2.12. The molecule has 0 fully saturated rings. The van der Waals surface area contributed by atoms with E-state index >= 15 is 0 Å². The molecule has 1 aromatic carbocycles. The van der Waals surface area contributed by atoms with E-state index in [9.17, 15) is 0 Å². The number of hydrogen-bond donors (Lipinski definition) is 0. The van der Waals surface area contributed by atoms with Crippen LogP contribution >= 0.6 is 27.5 Å². The van der Waals surface area contributed by atoms with Gasteiger partial charge in [-0.1, -0.05) is 39.7 Å². The SMILES string of the molecule is Clc1cnn(Cc2ccc(Br)cc2)c1. The Bertz CT molecular complexity index is 422. The minimum Gasteiger partial charge on any atom is -0.267 e. The van der Waals surface area contributed by atoms with Gasteiger partial charge in [-0.05, 0) is 17.7 Å². The van der Waals surface area contributed by atoms with E-state index in [4.69, 9.17) is 11.6 Å². The third-order valence-electron chi connectivity index (χ3n) is 1.86. The third-order valence-corrected chi connectivity index (χ3v) is 2.58. The molecule has 0 amide bonds. The zero-order valence-electron chi connectivity index (χ0n) is 7.32. The molecule has 2 nitrogen and oxygen atoms in total. The van der Waals surface area contributed by atoms with Gasteiger partial charge in [0.25, 0.3) is 0 Å². The minimum absolute atomic E-state index is 0.669. The Labute approximate surface area is 95.6 Å². The normalized spacial score (nSPS) is 10.4. The van der Waals surface area contributed by atoms with E-state index in [1.54, 1.807) is 6.20 Å². The van der Waals surface area contributed by atoms with E-state index in [0.717, 1.165) is 11.0 Å². The van der Waals surface area contributed by atoms with Crippen LogP contribution < -0.4 is 0 Å². The Morgan fingerprint density at radius 2 is 2.00 bits per heavy atom. The van der Waals surface area contributed by atoms with Crippen molar-refractivity contribution in [3.63, 3.8) is 0 Å². The highest BCUT2D eigenvalue weighted by Gasteiger charge is 1.97. The third kappa shape index (κ3) is 2.36. The average Bonchev–Trinajstić information content (AvgIpc) is 2.56. The van der Waals surface area contributed by atoms with Crippen LogP contribution in [0.2, 0.25) is 5.02 Å². The smallest absolute Gasteiger partial charge is 0.0785 e. The van der Waals surface area contributed by atoms with Crippen molar-refractivity contribution >= 4 is 27.5 Å². The number of benzene rings is 1. The molecule has 0 atom stereocenters. The van der Waals surface area contributed by atoms with Crippen LogP contribution in [0.4, 0.5) is 0 Å². The summed E-state index contributed by atoms with van der Waals surface area (Å²) in [6.45, 7) is 0.750. The van der Waals surface area contributed by atoms with Crippen molar-refractivity contribution in [2.24, 2.45) is 0 Å². The Kier molecular flexibility index (Phi) is 2.89. The van der Waals surface area contributed by atoms with E-state index in [1.165, 1.54) is 5.56 Å². The largest absolute Gasteiger partial charge is 0.267 e. The van der Waals surface area contributed by atoms with E-state index in [1.807, 2.05) is 23.0 Å². The topological polar surface area (TPSA) is 17.8 Å². The van der Waals surface area contributed by atoms with Crippen molar-refractivity contribution in [2.75, 3.05) is 0 Å². The first-order chi connectivity index (χ1) is 6.74. The molecule has 0 radical (unpaired) electrons. The maximum absolute atomic E-state index is 5.76. The van der Waals surface area contributed by atoms with Crippen molar-refractivity contribution in [3.05, 3.63) is 51.7 Å². The van der Waals surface area contributed by atoms with Crippen molar-refractivity contribution in [2.45, 2.75) is 6.54 Å². The van der Waals surface area contributed by atoms with Crippen molar-refractivity contribution in [3.8, 4) is 0 Å². The first kappa shape index (κ1) is 9.74. The van der Waals surface area contributed by atoms with Gasteiger partial charge in [-0.3, -0.25) is 4.68 Å². The fraction of sp³-hybridized carbons (Fsp3) is 0.100. The lowest BCUT2D eigenvalue weighted by Gasteiger charge is -2.01. The molecule has 72 valence electrons. The van der Waals surface area contributed by atoms with Crippen LogP contribution in [-0.4, -0.2) is 9.78 Å². The molecule has 0 unspecified atom stereocenters. The molecular formula is C10H8BrClN2. The first-order valence-electron chi connectivity index (χ1n) is 4.16. The van der Waals surface area contributed by atoms with Gasteiger partial charge in [-0.15, -0.1) is 0 Å². The fourth-order valence-electron chi connectivity index (χ4n) is 1.20. The molecule has 0 saturated carbocycles. The quantitative estimate of drug-likeness (QED) is 0.819. The summed E-state index contributed by atoms with van der Waals surface area (Å²) in [6.07, 6.45) is 3.45. The van der Waals surface area contributed by atoms with Crippen LogP contribution in [0.5, 0.6) is 0 Å².